The SMILES string of the molecule is CCc1ccccc1-n1cc(C(=O)O)nn1. The fraction of sp³-hybridized carbons (Fsp3) is 0.182. The highest BCUT2D eigenvalue weighted by atomic mass is 16.4. The highest BCUT2D eigenvalue weighted by Crippen LogP contribution is 2.13. The van der Waals surface area contributed by atoms with Gasteiger partial charge in [0, 0.05) is 0 Å². The van der Waals surface area contributed by atoms with Crippen molar-refractivity contribution < 1.29 is 9.90 Å². The average Bonchev–Trinajstić information content (AvgIpc) is 2.78. The number of hydrogen-bond acceptors (Lipinski definition) is 3. The van der Waals surface area contributed by atoms with Gasteiger partial charge in [-0.2, -0.15) is 0 Å². The smallest absolute Gasteiger partial charge is 0.358 e. The van der Waals surface area contributed by atoms with E-state index in [9.17, 15) is 4.79 Å². The van der Waals surface area contributed by atoms with Crippen molar-refractivity contribution in [3.8, 4) is 5.69 Å². The Labute approximate surface area is 92.3 Å². The number of carbonyl (C=O) groups is 1. The number of hydrogen-bond donors (Lipinski definition) is 1. The molecule has 0 spiro atoms. The highest BCUT2D eigenvalue weighted by molar-refractivity contribution is 5.84. The van der Waals surface area contributed by atoms with Crippen LogP contribution in [0.15, 0.2) is 30.5 Å². The molecule has 0 unspecified atom stereocenters. The van der Waals surface area contributed by atoms with Crippen LogP contribution in [-0.4, -0.2) is 26.1 Å². The third kappa shape index (κ3) is 1.79. The number of carboxylic acids is 1. The molecule has 0 bridgehead atoms. The molecule has 0 saturated heterocycles. The Hall–Kier alpha value is -2.17. The van der Waals surface area contributed by atoms with Gasteiger partial charge in [0.1, 0.15) is 0 Å². The summed E-state index contributed by atoms with van der Waals surface area (Å²) >= 11 is 0. The van der Waals surface area contributed by atoms with Crippen molar-refractivity contribution >= 4 is 5.97 Å². The van der Waals surface area contributed by atoms with Crippen molar-refractivity contribution in [2.75, 3.05) is 0 Å². The van der Waals surface area contributed by atoms with E-state index in [4.69, 9.17) is 5.11 Å². The van der Waals surface area contributed by atoms with Crippen LogP contribution >= 0.6 is 0 Å². The number of para-hydroxylation sites is 1. The molecule has 0 aliphatic heterocycles. The largest absolute Gasteiger partial charge is 0.476 e. The van der Waals surface area contributed by atoms with Crippen molar-refractivity contribution in [3.05, 3.63) is 41.7 Å². The standard InChI is InChI=1S/C11H11N3O2/c1-2-8-5-3-4-6-10(8)14-7-9(11(15)16)12-13-14/h3-7H,2H2,1H3,(H,15,16). The van der Waals surface area contributed by atoms with E-state index in [1.807, 2.05) is 31.2 Å². The molecule has 1 aromatic heterocycles. The molecule has 5 heteroatoms. The van der Waals surface area contributed by atoms with Gasteiger partial charge in [-0.1, -0.05) is 30.3 Å². The minimum atomic E-state index is -1.07. The van der Waals surface area contributed by atoms with E-state index in [1.165, 1.54) is 10.9 Å². The Balaban J connectivity index is 2.46. The lowest BCUT2D eigenvalue weighted by Crippen LogP contribution is -1.99. The topological polar surface area (TPSA) is 68.0 Å². The summed E-state index contributed by atoms with van der Waals surface area (Å²) in [6, 6.07) is 7.70. The van der Waals surface area contributed by atoms with Crippen LogP contribution in [0, 0.1) is 0 Å². The van der Waals surface area contributed by atoms with Crippen molar-refractivity contribution in [1.82, 2.24) is 15.0 Å². The van der Waals surface area contributed by atoms with Gasteiger partial charge in [0.05, 0.1) is 11.9 Å². The quantitative estimate of drug-likeness (QED) is 0.846. The van der Waals surface area contributed by atoms with E-state index in [-0.39, 0.29) is 5.69 Å². The molecule has 5 nitrogen and oxygen atoms in total. The van der Waals surface area contributed by atoms with E-state index in [2.05, 4.69) is 10.3 Å². The summed E-state index contributed by atoms with van der Waals surface area (Å²) in [7, 11) is 0. The van der Waals surface area contributed by atoms with Gasteiger partial charge in [0.25, 0.3) is 0 Å². The molecule has 0 atom stereocenters. The first-order chi connectivity index (χ1) is 7.72. The first-order valence-corrected chi connectivity index (χ1v) is 4.96. The normalized spacial score (nSPS) is 10.3. The van der Waals surface area contributed by atoms with Crippen LogP contribution in [0.3, 0.4) is 0 Å². The second kappa shape index (κ2) is 4.14. The third-order valence-electron chi connectivity index (χ3n) is 2.33. The molecule has 0 aliphatic carbocycles. The van der Waals surface area contributed by atoms with Gasteiger partial charge < -0.3 is 5.11 Å². The van der Waals surface area contributed by atoms with Crippen molar-refractivity contribution in [1.29, 1.82) is 0 Å². The molecule has 0 amide bonds. The van der Waals surface area contributed by atoms with Crippen molar-refractivity contribution in [2.45, 2.75) is 13.3 Å². The minimum absolute atomic E-state index is 0.0501. The number of aromatic nitrogens is 3. The first-order valence-electron chi connectivity index (χ1n) is 4.96. The van der Waals surface area contributed by atoms with Gasteiger partial charge in [0.2, 0.25) is 0 Å². The van der Waals surface area contributed by atoms with Gasteiger partial charge in [-0.3, -0.25) is 0 Å². The Kier molecular flexibility index (Phi) is 2.68. The summed E-state index contributed by atoms with van der Waals surface area (Å²) in [4.78, 5) is 10.7. The molecule has 0 aliphatic rings. The molecular formula is C11H11N3O2. The summed E-state index contributed by atoms with van der Waals surface area (Å²) in [6.07, 6.45) is 2.27. The van der Waals surface area contributed by atoms with E-state index in [0.29, 0.717) is 0 Å². The Morgan fingerprint density at radius 1 is 1.44 bits per heavy atom. The number of rotatable bonds is 3. The molecule has 1 heterocycles. The first kappa shape index (κ1) is 10.4. The zero-order chi connectivity index (χ0) is 11.5. The molecule has 0 fully saturated rings. The van der Waals surface area contributed by atoms with Gasteiger partial charge in [-0.25, -0.2) is 9.48 Å². The lowest BCUT2D eigenvalue weighted by molar-refractivity contribution is 0.0690. The number of aromatic carboxylic acids is 1. The van der Waals surface area contributed by atoms with E-state index in [1.54, 1.807) is 0 Å². The Morgan fingerprint density at radius 2 is 2.19 bits per heavy atom. The lowest BCUT2D eigenvalue weighted by atomic mass is 10.1. The number of carboxylic acid groups (broad SMARTS) is 1. The summed E-state index contributed by atoms with van der Waals surface area (Å²) < 4.78 is 1.49. The predicted octanol–water partition coefficient (Wildman–Crippen LogP) is 1.53. The summed E-state index contributed by atoms with van der Waals surface area (Å²) in [5.41, 5.74) is 1.92. The molecule has 82 valence electrons. The van der Waals surface area contributed by atoms with Gasteiger partial charge in [-0.05, 0) is 18.1 Å². The molecule has 0 radical (unpaired) electrons. The van der Waals surface area contributed by atoms with Crippen LogP contribution < -0.4 is 0 Å². The van der Waals surface area contributed by atoms with Crippen LogP contribution in [-0.2, 0) is 6.42 Å². The molecule has 1 N–H and O–H groups in total. The second-order valence-corrected chi connectivity index (χ2v) is 3.34. The Morgan fingerprint density at radius 3 is 2.81 bits per heavy atom. The molecule has 2 rings (SSSR count). The predicted molar refractivity (Wildman–Crippen MR) is 57.7 cm³/mol. The maximum atomic E-state index is 10.7. The monoisotopic (exact) mass is 217 g/mol. The van der Waals surface area contributed by atoms with Crippen LogP contribution in [0.4, 0.5) is 0 Å². The minimum Gasteiger partial charge on any atom is -0.476 e. The van der Waals surface area contributed by atoms with Gasteiger partial charge in [-0.15, -0.1) is 5.10 Å². The van der Waals surface area contributed by atoms with Crippen molar-refractivity contribution in [3.63, 3.8) is 0 Å². The zero-order valence-electron chi connectivity index (χ0n) is 8.79. The van der Waals surface area contributed by atoms with Crippen molar-refractivity contribution in [2.24, 2.45) is 0 Å². The fourth-order valence-electron chi connectivity index (χ4n) is 1.51. The highest BCUT2D eigenvalue weighted by Gasteiger charge is 2.10. The van der Waals surface area contributed by atoms with Gasteiger partial charge >= 0.3 is 5.97 Å². The molecule has 16 heavy (non-hydrogen) atoms. The zero-order valence-corrected chi connectivity index (χ0v) is 8.79. The van der Waals surface area contributed by atoms with Gasteiger partial charge in [0.15, 0.2) is 5.69 Å². The summed E-state index contributed by atoms with van der Waals surface area (Å²) in [5, 5.41) is 16.1. The maximum Gasteiger partial charge on any atom is 0.358 e. The molecular weight excluding hydrogens is 206 g/mol. The number of nitrogens with zero attached hydrogens (tertiary/aromatic N) is 3. The summed E-state index contributed by atoms with van der Waals surface area (Å²) in [6.45, 7) is 2.04. The van der Waals surface area contributed by atoms with E-state index < -0.39 is 5.97 Å². The van der Waals surface area contributed by atoms with Crippen LogP contribution in [0.25, 0.3) is 5.69 Å². The van der Waals surface area contributed by atoms with Crippen LogP contribution in [0.1, 0.15) is 23.0 Å². The number of aryl methyl sites for hydroxylation is 1. The maximum absolute atomic E-state index is 10.7. The third-order valence-corrected chi connectivity index (χ3v) is 2.33. The van der Waals surface area contributed by atoms with Crippen LogP contribution in [0.5, 0.6) is 0 Å². The second-order valence-electron chi connectivity index (χ2n) is 3.34. The molecule has 1 aromatic carbocycles. The molecule has 0 saturated carbocycles. The average molecular weight is 217 g/mol. The lowest BCUT2D eigenvalue weighted by Gasteiger charge is -2.05. The Bertz CT molecular complexity index is 519. The molecule has 2 aromatic rings. The van der Waals surface area contributed by atoms with E-state index >= 15 is 0 Å². The fourth-order valence-corrected chi connectivity index (χ4v) is 1.51. The van der Waals surface area contributed by atoms with Crippen LogP contribution in [0.2, 0.25) is 0 Å². The van der Waals surface area contributed by atoms with E-state index in [0.717, 1.165) is 17.7 Å². The number of benzene rings is 1. The summed E-state index contributed by atoms with van der Waals surface area (Å²) in [5.74, 6) is -1.07.